The van der Waals surface area contributed by atoms with Crippen LogP contribution in [-0.2, 0) is 0 Å². The van der Waals surface area contributed by atoms with Crippen LogP contribution in [0.5, 0.6) is 0 Å². The fourth-order valence-corrected chi connectivity index (χ4v) is 1.14. The molecule has 1 rings (SSSR count). The van der Waals surface area contributed by atoms with E-state index in [4.69, 9.17) is 35.0 Å². The van der Waals surface area contributed by atoms with Crippen molar-refractivity contribution in [2.24, 2.45) is 0 Å². The van der Waals surface area contributed by atoms with Crippen molar-refractivity contribution in [3.8, 4) is 0 Å². The molecule has 1 nitrogen and oxygen atoms in total. The number of rotatable bonds is 0. The SMILES string of the molecule is ClN1B=CCCC1(Cl)Cl. The van der Waals surface area contributed by atoms with Gasteiger partial charge in [0.15, 0.2) is 0 Å². The van der Waals surface area contributed by atoms with Crippen LogP contribution in [0.2, 0.25) is 0 Å². The summed E-state index contributed by atoms with van der Waals surface area (Å²) >= 11 is 17.1. The quantitative estimate of drug-likeness (QED) is 0.240. The van der Waals surface area contributed by atoms with Gasteiger partial charge in [0.2, 0.25) is 0 Å². The molecular formula is C4H5BCl3N. The van der Waals surface area contributed by atoms with Gasteiger partial charge in [-0.1, -0.05) is 0 Å². The van der Waals surface area contributed by atoms with Gasteiger partial charge in [0.1, 0.15) is 0 Å². The maximum atomic E-state index is 5.73. The van der Waals surface area contributed by atoms with Crippen molar-refractivity contribution in [2.45, 2.75) is 17.3 Å². The van der Waals surface area contributed by atoms with Gasteiger partial charge in [-0.25, -0.2) is 0 Å². The predicted octanol–water partition coefficient (Wildman–Crippen LogP) is 1.79. The first-order valence-electron chi connectivity index (χ1n) is 2.62. The molecule has 9 heavy (non-hydrogen) atoms. The second-order valence-electron chi connectivity index (χ2n) is 1.90. The van der Waals surface area contributed by atoms with E-state index >= 15 is 0 Å². The van der Waals surface area contributed by atoms with Crippen LogP contribution in [-0.4, -0.2) is 21.8 Å². The Morgan fingerprint density at radius 2 is 2.22 bits per heavy atom. The Hall–Kier alpha value is 0.605. The van der Waals surface area contributed by atoms with Gasteiger partial charge >= 0.3 is 69.6 Å². The summed E-state index contributed by atoms with van der Waals surface area (Å²) in [6, 6.07) is 0. The summed E-state index contributed by atoms with van der Waals surface area (Å²) in [6.07, 6.45) is 1.56. The third-order valence-electron chi connectivity index (χ3n) is 1.16. The second-order valence-corrected chi connectivity index (χ2v) is 3.71. The molecule has 5 heteroatoms. The molecule has 1 aliphatic heterocycles. The maximum absolute atomic E-state index is 5.73. The van der Waals surface area contributed by atoms with Crippen molar-refractivity contribution in [1.29, 1.82) is 0 Å². The Kier molecular flexibility index (Phi) is 2.30. The minimum atomic E-state index is -0.906. The molecule has 0 aromatic carbocycles. The van der Waals surface area contributed by atoms with E-state index < -0.39 is 4.46 Å². The summed E-state index contributed by atoms with van der Waals surface area (Å²) in [6.45, 7) is 0. The topological polar surface area (TPSA) is 3.24 Å². The van der Waals surface area contributed by atoms with Crippen molar-refractivity contribution in [3.05, 3.63) is 0 Å². The molecule has 50 valence electrons. The molecule has 0 bridgehead atoms. The van der Waals surface area contributed by atoms with Crippen molar-refractivity contribution in [3.63, 3.8) is 0 Å². The minimum absolute atomic E-state index is 0.677. The van der Waals surface area contributed by atoms with Gasteiger partial charge in [-0.3, -0.25) is 0 Å². The van der Waals surface area contributed by atoms with Crippen LogP contribution in [0.25, 0.3) is 0 Å². The Labute approximate surface area is 69.9 Å². The van der Waals surface area contributed by atoms with Gasteiger partial charge in [-0.2, -0.15) is 0 Å². The van der Waals surface area contributed by atoms with Crippen molar-refractivity contribution >= 4 is 48.0 Å². The first kappa shape index (κ1) is 7.71. The van der Waals surface area contributed by atoms with Gasteiger partial charge in [0.25, 0.3) is 0 Å². The van der Waals surface area contributed by atoms with E-state index in [0.29, 0.717) is 6.42 Å². The normalized spacial score (nSPS) is 23.7. The van der Waals surface area contributed by atoms with E-state index in [2.05, 4.69) is 0 Å². The zero-order chi connectivity index (χ0) is 6.91. The molecule has 1 heterocycles. The van der Waals surface area contributed by atoms with Crippen molar-refractivity contribution in [1.82, 2.24) is 4.33 Å². The van der Waals surface area contributed by atoms with Gasteiger partial charge in [-0.15, -0.1) is 0 Å². The summed E-state index contributed by atoms with van der Waals surface area (Å²) in [7, 11) is 1.67. The standard InChI is InChI=1S/C4H5BCl3N/c6-4(7)2-1-3-5-9(4)8/h3H,1-2H2. The summed E-state index contributed by atoms with van der Waals surface area (Å²) in [5, 5.41) is 0. The van der Waals surface area contributed by atoms with E-state index in [9.17, 15) is 0 Å². The van der Waals surface area contributed by atoms with E-state index in [1.807, 2.05) is 5.97 Å². The first-order valence-corrected chi connectivity index (χ1v) is 3.72. The summed E-state index contributed by atoms with van der Waals surface area (Å²) in [4.78, 5) is 0. The average Bonchev–Trinajstić information content (AvgIpc) is 1.77. The fourth-order valence-electron chi connectivity index (χ4n) is 0.640. The molecule has 1 aliphatic rings. The first-order chi connectivity index (χ1) is 4.13. The van der Waals surface area contributed by atoms with Crippen LogP contribution < -0.4 is 0 Å². The number of nitrogens with zero attached hydrogens (tertiary/aromatic N) is 1. The molecule has 0 aromatic rings. The fraction of sp³-hybridized carbons (Fsp3) is 0.750. The molecule has 0 N–H and O–H groups in total. The Morgan fingerprint density at radius 1 is 1.56 bits per heavy atom. The Morgan fingerprint density at radius 3 is 2.56 bits per heavy atom. The predicted molar refractivity (Wildman–Crippen MR) is 43.2 cm³/mol. The Bertz CT molecular complexity index is 136. The van der Waals surface area contributed by atoms with Crippen LogP contribution in [0.1, 0.15) is 12.8 Å². The number of alkyl halides is 2. The Balaban J connectivity index is 2.66. The summed E-state index contributed by atoms with van der Waals surface area (Å²) in [5.74, 6) is 1.93. The molecule has 0 unspecified atom stereocenters. The molecule has 0 saturated heterocycles. The average molecular weight is 184 g/mol. The molecule has 0 fully saturated rings. The van der Waals surface area contributed by atoms with Gasteiger partial charge in [-0.05, 0) is 0 Å². The monoisotopic (exact) mass is 183 g/mol. The molecule has 0 saturated carbocycles. The second kappa shape index (κ2) is 2.69. The zero-order valence-corrected chi connectivity index (χ0v) is 6.92. The molecule has 0 aromatic heterocycles. The van der Waals surface area contributed by atoms with Crippen LogP contribution >= 0.6 is 35.0 Å². The van der Waals surface area contributed by atoms with Gasteiger partial charge < -0.3 is 0 Å². The van der Waals surface area contributed by atoms with Gasteiger partial charge in [0.05, 0.1) is 0 Å². The van der Waals surface area contributed by atoms with E-state index in [1.54, 1.807) is 7.06 Å². The van der Waals surface area contributed by atoms with Crippen LogP contribution in [0.3, 0.4) is 0 Å². The number of halogens is 3. The molecular weight excluding hydrogens is 179 g/mol. The van der Waals surface area contributed by atoms with Crippen molar-refractivity contribution in [2.75, 3.05) is 0 Å². The molecule has 0 radical (unpaired) electrons. The third-order valence-corrected chi connectivity index (χ3v) is 2.48. The zero-order valence-electron chi connectivity index (χ0n) is 4.65. The summed E-state index contributed by atoms with van der Waals surface area (Å²) < 4.78 is 0.371. The van der Waals surface area contributed by atoms with E-state index in [1.165, 1.54) is 4.33 Å². The van der Waals surface area contributed by atoms with Crippen LogP contribution in [0.4, 0.5) is 0 Å². The third kappa shape index (κ3) is 1.76. The molecule has 0 spiro atoms. The number of hydrogen-bond acceptors (Lipinski definition) is 1. The molecule has 0 atom stereocenters. The molecule has 0 amide bonds. The van der Waals surface area contributed by atoms with E-state index in [-0.39, 0.29) is 0 Å². The summed E-state index contributed by atoms with van der Waals surface area (Å²) in [5.41, 5.74) is 0. The number of hydrogen-bond donors (Lipinski definition) is 0. The van der Waals surface area contributed by atoms with E-state index in [0.717, 1.165) is 6.42 Å². The van der Waals surface area contributed by atoms with Crippen LogP contribution in [0.15, 0.2) is 0 Å². The van der Waals surface area contributed by atoms with Gasteiger partial charge in [0, 0.05) is 0 Å². The van der Waals surface area contributed by atoms with Crippen LogP contribution in [0, 0.1) is 0 Å². The molecule has 0 aliphatic carbocycles. The van der Waals surface area contributed by atoms with Crippen molar-refractivity contribution < 1.29 is 0 Å².